The minimum Gasteiger partial charge on any atom is -0.225 e. The summed E-state index contributed by atoms with van der Waals surface area (Å²) in [6.07, 6.45) is 20.3. The first-order chi connectivity index (χ1) is 13.2. The molecule has 1 nitrogen and oxygen atoms in total. The Morgan fingerprint density at radius 1 is 0.852 bits per heavy atom. The predicted molar refractivity (Wildman–Crippen MR) is 108 cm³/mol. The van der Waals surface area contributed by atoms with E-state index in [1.165, 1.54) is 89.3 Å². The van der Waals surface area contributed by atoms with Gasteiger partial charge < -0.3 is 0 Å². The summed E-state index contributed by atoms with van der Waals surface area (Å²) in [5, 5.41) is 0. The molecule has 0 spiro atoms. The van der Waals surface area contributed by atoms with Crippen LogP contribution in [0.1, 0.15) is 96.0 Å². The summed E-state index contributed by atoms with van der Waals surface area (Å²) in [6, 6.07) is 1.31. The van der Waals surface area contributed by atoms with Gasteiger partial charge >= 0.3 is 0 Å². The molecule has 3 rings (SSSR count). The maximum atomic E-state index is 13.3. The van der Waals surface area contributed by atoms with Crippen LogP contribution in [0.15, 0.2) is 12.3 Å². The molecular formula is C24H37F2N. The van der Waals surface area contributed by atoms with Crippen molar-refractivity contribution in [1.82, 2.24) is 4.98 Å². The van der Waals surface area contributed by atoms with E-state index in [4.69, 9.17) is 0 Å². The van der Waals surface area contributed by atoms with Gasteiger partial charge in [-0.25, -0.2) is 9.37 Å². The largest absolute Gasteiger partial charge is 0.248 e. The van der Waals surface area contributed by atoms with Crippen LogP contribution in [-0.4, -0.2) is 4.98 Å². The highest BCUT2D eigenvalue weighted by Crippen LogP contribution is 2.43. The first-order valence-electron chi connectivity index (χ1n) is 11.5. The lowest BCUT2D eigenvalue weighted by molar-refractivity contribution is 0.140. The molecule has 0 unspecified atom stereocenters. The lowest BCUT2D eigenvalue weighted by Gasteiger charge is -2.38. The van der Waals surface area contributed by atoms with Crippen LogP contribution in [0.2, 0.25) is 0 Å². The van der Waals surface area contributed by atoms with Gasteiger partial charge in [-0.05, 0) is 73.8 Å². The van der Waals surface area contributed by atoms with Crippen molar-refractivity contribution in [2.75, 3.05) is 0 Å². The van der Waals surface area contributed by atoms with Gasteiger partial charge in [0.15, 0.2) is 5.82 Å². The van der Waals surface area contributed by atoms with Gasteiger partial charge in [0.05, 0.1) is 0 Å². The zero-order valence-corrected chi connectivity index (χ0v) is 17.1. The summed E-state index contributed by atoms with van der Waals surface area (Å²) in [6.45, 7) is 2.29. The lowest BCUT2D eigenvalue weighted by Crippen LogP contribution is -2.26. The Morgan fingerprint density at radius 2 is 1.44 bits per heavy atom. The van der Waals surface area contributed by atoms with Crippen LogP contribution in [0.25, 0.3) is 0 Å². The van der Waals surface area contributed by atoms with E-state index in [1.807, 2.05) is 0 Å². The standard InChI is InChI=1S/C24H37F2N/c1-2-3-4-5-18-8-12-21(13-9-18)22-14-10-19(11-15-22)6-7-20-16-23(25)24(26)27-17-20/h16-19,21-22H,2-15H2,1H3/t18-,19?,21-,22?. The second-order valence-corrected chi connectivity index (χ2v) is 9.21. The second-order valence-electron chi connectivity index (χ2n) is 9.21. The topological polar surface area (TPSA) is 12.9 Å². The smallest absolute Gasteiger partial charge is 0.225 e. The number of halogens is 2. The van der Waals surface area contributed by atoms with Gasteiger partial charge in [-0.15, -0.1) is 0 Å². The van der Waals surface area contributed by atoms with Gasteiger partial charge in [-0.2, -0.15) is 4.39 Å². The van der Waals surface area contributed by atoms with Crippen LogP contribution in [0, 0.1) is 35.4 Å². The summed E-state index contributed by atoms with van der Waals surface area (Å²) in [4.78, 5) is 3.50. The summed E-state index contributed by atoms with van der Waals surface area (Å²) < 4.78 is 26.2. The highest BCUT2D eigenvalue weighted by molar-refractivity contribution is 5.11. The van der Waals surface area contributed by atoms with E-state index < -0.39 is 11.8 Å². The monoisotopic (exact) mass is 377 g/mol. The fourth-order valence-corrected chi connectivity index (χ4v) is 5.55. The van der Waals surface area contributed by atoms with Crippen LogP contribution in [0.5, 0.6) is 0 Å². The van der Waals surface area contributed by atoms with Crippen molar-refractivity contribution in [3.8, 4) is 0 Å². The van der Waals surface area contributed by atoms with Gasteiger partial charge in [0, 0.05) is 6.20 Å². The number of hydrogen-bond acceptors (Lipinski definition) is 1. The Balaban J connectivity index is 1.34. The normalized spacial score (nSPS) is 29.0. The fourth-order valence-electron chi connectivity index (χ4n) is 5.55. The number of hydrogen-bond donors (Lipinski definition) is 0. The highest BCUT2D eigenvalue weighted by Gasteiger charge is 2.30. The van der Waals surface area contributed by atoms with Gasteiger partial charge in [-0.3, -0.25) is 0 Å². The Bertz CT molecular complexity index is 557. The van der Waals surface area contributed by atoms with Crippen molar-refractivity contribution in [2.45, 2.75) is 96.8 Å². The van der Waals surface area contributed by atoms with E-state index in [9.17, 15) is 8.78 Å². The third-order valence-corrected chi connectivity index (χ3v) is 7.36. The summed E-state index contributed by atoms with van der Waals surface area (Å²) in [5.41, 5.74) is 0.831. The number of nitrogens with zero attached hydrogens (tertiary/aromatic N) is 1. The van der Waals surface area contributed by atoms with Crippen LogP contribution >= 0.6 is 0 Å². The van der Waals surface area contributed by atoms with Gasteiger partial charge in [0.25, 0.3) is 0 Å². The molecule has 1 aromatic heterocycles. The third-order valence-electron chi connectivity index (χ3n) is 7.36. The van der Waals surface area contributed by atoms with E-state index in [2.05, 4.69) is 11.9 Å². The average Bonchev–Trinajstić information content (AvgIpc) is 2.70. The Morgan fingerprint density at radius 3 is 2.00 bits per heavy atom. The molecule has 0 amide bonds. The SMILES string of the molecule is CCCCC[C@H]1CC[C@H](C2CCC(CCc3cnc(F)c(F)c3)CC2)CC1. The first-order valence-corrected chi connectivity index (χ1v) is 11.5. The molecule has 0 saturated heterocycles. The van der Waals surface area contributed by atoms with E-state index in [0.717, 1.165) is 42.1 Å². The van der Waals surface area contributed by atoms with Crippen molar-refractivity contribution in [3.05, 3.63) is 29.6 Å². The molecule has 27 heavy (non-hydrogen) atoms. The Hall–Kier alpha value is -0.990. The Labute approximate surface area is 164 Å². The van der Waals surface area contributed by atoms with Crippen LogP contribution in [0.4, 0.5) is 8.78 Å². The van der Waals surface area contributed by atoms with Crippen molar-refractivity contribution in [1.29, 1.82) is 0 Å². The number of rotatable bonds is 8. The summed E-state index contributed by atoms with van der Waals surface area (Å²) >= 11 is 0. The average molecular weight is 378 g/mol. The van der Waals surface area contributed by atoms with Crippen molar-refractivity contribution < 1.29 is 8.78 Å². The van der Waals surface area contributed by atoms with E-state index >= 15 is 0 Å². The maximum absolute atomic E-state index is 13.3. The predicted octanol–water partition coefficient (Wildman–Crippen LogP) is 7.49. The van der Waals surface area contributed by atoms with Crippen LogP contribution in [0.3, 0.4) is 0 Å². The number of aromatic nitrogens is 1. The number of unbranched alkanes of at least 4 members (excludes halogenated alkanes) is 2. The van der Waals surface area contributed by atoms with Gasteiger partial charge in [-0.1, -0.05) is 58.3 Å². The molecule has 1 aromatic rings. The van der Waals surface area contributed by atoms with Crippen molar-refractivity contribution in [2.24, 2.45) is 23.7 Å². The van der Waals surface area contributed by atoms with Gasteiger partial charge in [0.1, 0.15) is 0 Å². The number of aryl methyl sites for hydroxylation is 1. The molecule has 0 bridgehead atoms. The summed E-state index contributed by atoms with van der Waals surface area (Å²) in [5.74, 6) is 1.88. The fraction of sp³-hybridized carbons (Fsp3) is 0.792. The molecule has 0 atom stereocenters. The molecule has 0 N–H and O–H groups in total. The quantitative estimate of drug-likeness (QED) is 0.338. The van der Waals surface area contributed by atoms with Gasteiger partial charge in [0.2, 0.25) is 5.95 Å². The van der Waals surface area contributed by atoms with Crippen molar-refractivity contribution in [3.63, 3.8) is 0 Å². The molecule has 2 aliphatic carbocycles. The molecule has 152 valence electrons. The maximum Gasteiger partial charge on any atom is 0.248 e. The Kier molecular flexibility index (Phi) is 8.08. The highest BCUT2D eigenvalue weighted by atomic mass is 19.2. The van der Waals surface area contributed by atoms with E-state index in [0.29, 0.717) is 0 Å². The number of pyridine rings is 1. The van der Waals surface area contributed by atoms with E-state index in [-0.39, 0.29) is 0 Å². The molecular weight excluding hydrogens is 340 g/mol. The second kappa shape index (κ2) is 10.5. The minimum absolute atomic E-state index is 0.750. The minimum atomic E-state index is -0.987. The van der Waals surface area contributed by atoms with E-state index in [1.54, 1.807) is 0 Å². The van der Waals surface area contributed by atoms with Crippen molar-refractivity contribution >= 4 is 0 Å². The van der Waals surface area contributed by atoms with Crippen LogP contribution < -0.4 is 0 Å². The molecule has 3 heteroatoms. The molecule has 0 aromatic carbocycles. The zero-order valence-electron chi connectivity index (χ0n) is 17.1. The van der Waals surface area contributed by atoms with Crippen LogP contribution in [-0.2, 0) is 6.42 Å². The molecule has 2 fully saturated rings. The molecule has 2 aliphatic rings. The summed E-state index contributed by atoms with van der Waals surface area (Å²) in [7, 11) is 0. The molecule has 0 radical (unpaired) electrons. The molecule has 2 saturated carbocycles. The third kappa shape index (κ3) is 6.26. The first kappa shape index (κ1) is 20.7. The molecule has 0 aliphatic heterocycles. The molecule has 1 heterocycles. The lowest BCUT2D eigenvalue weighted by atomic mass is 9.68. The zero-order chi connectivity index (χ0) is 19.1.